The molecule has 0 saturated carbocycles. The van der Waals surface area contributed by atoms with E-state index in [0.29, 0.717) is 12.1 Å². The normalized spacial score (nSPS) is 10.2. The van der Waals surface area contributed by atoms with E-state index in [1.165, 1.54) is 23.1 Å². The molecule has 0 aliphatic rings. The Bertz CT molecular complexity index is 581. The smallest absolute Gasteiger partial charge is 0.253 e. The highest BCUT2D eigenvalue weighted by molar-refractivity contribution is 5.94. The van der Waals surface area contributed by atoms with Crippen molar-refractivity contribution in [1.29, 1.82) is 0 Å². The van der Waals surface area contributed by atoms with E-state index in [4.69, 9.17) is 0 Å². The first kappa shape index (κ1) is 13.1. The summed E-state index contributed by atoms with van der Waals surface area (Å²) in [4.78, 5) is 13.6. The van der Waals surface area contributed by atoms with Crippen molar-refractivity contribution >= 4 is 5.91 Å². The van der Waals surface area contributed by atoms with Crippen molar-refractivity contribution in [3.8, 4) is 5.75 Å². The molecule has 4 heteroatoms. The second-order valence-electron chi connectivity index (χ2n) is 4.34. The first-order chi connectivity index (χ1) is 9.06. The monoisotopic (exact) mass is 259 g/mol. The molecular formula is C15H14FNO2. The number of nitrogens with zero attached hydrogens (tertiary/aromatic N) is 1. The topological polar surface area (TPSA) is 40.5 Å². The lowest BCUT2D eigenvalue weighted by Gasteiger charge is -2.17. The predicted octanol–water partition coefficient (Wildman–Crippen LogP) is 2.80. The fourth-order valence-corrected chi connectivity index (χ4v) is 1.79. The van der Waals surface area contributed by atoms with Gasteiger partial charge in [-0.05, 0) is 35.9 Å². The molecule has 0 fully saturated rings. The van der Waals surface area contributed by atoms with Crippen molar-refractivity contribution in [2.75, 3.05) is 7.05 Å². The average Bonchev–Trinajstić information content (AvgIpc) is 2.40. The van der Waals surface area contributed by atoms with Crippen LogP contribution in [0.4, 0.5) is 4.39 Å². The number of rotatable bonds is 3. The van der Waals surface area contributed by atoms with Crippen molar-refractivity contribution in [1.82, 2.24) is 4.90 Å². The van der Waals surface area contributed by atoms with E-state index in [9.17, 15) is 14.3 Å². The first-order valence-corrected chi connectivity index (χ1v) is 5.85. The summed E-state index contributed by atoms with van der Waals surface area (Å²) in [6, 6.07) is 12.2. The van der Waals surface area contributed by atoms with E-state index in [-0.39, 0.29) is 11.7 Å². The second-order valence-corrected chi connectivity index (χ2v) is 4.34. The minimum Gasteiger partial charge on any atom is -0.508 e. The van der Waals surface area contributed by atoms with Gasteiger partial charge in [-0.1, -0.05) is 18.2 Å². The summed E-state index contributed by atoms with van der Waals surface area (Å²) in [5.74, 6) is -0.487. The molecule has 0 bridgehead atoms. The number of aromatic hydroxyl groups is 1. The predicted molar refractivity (Wildman–Crippen MR) is 70.3 cm³/mol. The molecule has 19 heavy (non-hydrogen) atoms. The number of benzene rings is 2. The summed E-state index contributed by atoms with van der Waals surface area (Å²) in [7, 11) is 1.65. The lowest BCUT2D eigenvalue weighted by atomic mass is 10.1. The van der Waals surface area contributed by atoms with Crippen molar-refractivity contribution in [2.24, 2.45) is 0 Å². The quantitative estimate of drug-likeness (QED) is 0.920. The Labute approximate surface area is 110 Å². The minimum absolute atomic E-state index is 0.183. The largest absolute Gasteiger partial charge is 0.508 e. The molecule has 0 unspecified atom stereocenters. The van der Waals surface area contributed by atoms with Crippen LogP contribution in [0.5, 0.6) is 5.75 Å². The molecule has 2 aromatic carbocycles. The standard InChI is InChI=1S/C15H14FNO2/c1-17(10-11-5-7-14(18)8-6-11)15(19)12-3-2-4-13(16)9-12/h2-9,18H,10H2,1H3. The molecule has 98 valence electrons. The van der Waals surface area contributed by atoms with E-state index in [2.05, 4.69) is 0 Å². The summed E-state index contributed by atoms with van der Waals surface area (Å²) in [6.07, 6.45) is 0. The van der Waals surface area contributed by atoms with Gasteiger partial charge in [0, 0.05) is 19.2 Å². The van der Waals surface area contributed by atoms with Crippen molar-refractivity contribution in [3.05, 3.63) is 65.5 Å². The Morgan fingerprint density at radius 2 is 1.89 bits per heavy atom. The number of carbonyl (C=O) groups excluding carboxylic acids is 1. The number of phenols is 1. The molecule has 0 spiro atoms. The van der Waals surface area contributed by atoms with Gasteiger partial charge in [-0.25, -0.2) is 4.39 Å². The average molecular weight is 259 g/mol. The molecule has 3 nitrogen and oxygen atoms in total. The molecule has 0 aliphatic carbocycles. The number of hydrogen-bond acceptors (Lipinski definition) is 2. The van der Waals surface area contributed by atoms with Gasteiger partial charge >= 0.3 is 0 Å². The number of phenolic OH excluding ortho intramolecular Hbond substituents is 1. The summed E-state index contributed by atoms with van der Waals surface area (Å²) in [5.41, 5.74) is 1.21. The lowest BCUT2D eigenvalue weighted by Crippen LogP contribution is -2.26. The third-order valence-corrected chi connectivity index (χ3v) is 2.77. The van der Waals surface area contributed by atoms with Gasteiger partial charge in [0.05, 0.1) is 0 Å². The maximum Gasteiger partial charge on any atom is 0.253 e. The minimum atomic E-state index is -0.427. The van der Waals surface area contributed by atoms with E-state index in [1.807, 2.05) is 0 Å². The second kappa shape index (κ2) is 5.52. The van der Waals surface area contributed by atoms with Crippen LogP contribution < -0.4 is 0 Å². The van der Waals surface area contributed by atoms with Crippen LogP contribution in [0.15, 0.2) is 48.5 Å². The van der Waals surface area contributed by atoms with Crippen LogP contribution in [0.3, 0.4) is 0 Å². The summed E-state index contributed by atoms with van der Waals surface area (Å²) >= 11 is 0. The Morgan fingerprint density at radius 3 is 2.53 bits per heavy atom. The highest BCUT2D eigenvalue weighted by Crippen LogP contribution is 2.13. The van der Waals surface area contributed by atoms with Crippen LogP contribution in [-0.4, -0.2) is 23.0 Å². The highest BCUT2D eigenvalue weighted by atomic mass is 19.1. The van der Waals surface area contributed by atoms with Gasteiger partial charge in [0.2, 0.25) is 0 Å². The van der Waals surface area contributed by atoms with Crippen LogP contribution in [0.25, 0.3) is 0 Å². The van der Waals surface area contributed by atoms with Gasteiger partial charge in [0.15, 0.2) is 0 Å². The Balaban J connectivity index is 2.09. The van der Waals surface area contributed by atoms with Gasteiger partial charge < -0.3 is 10.0 Å². The molecule has 0 aromatic heterocycles. The first-order valence-electron chi connectivity index (χ1n) is 5.85. The molecule has 0 atom stereocenters. The van der Waals surface area contributed by atoms with Crippen LogP contribution >= 0.6 is 0 Å². The zero-order valence-corrected chi connectivity index (χ0v) is 10.5. The van der Waals surface area contributed by atoms with Gasteiger partial charge in [-0.3, -0.25) is 4.79 Å². The Kier molecular flexibility index (Phi) is 3.80. The summed E-state index contributed by atoms with van der Waals surface area (Å²) < 4.78 is 13.1. The van der Waals surface area contributed by atoms with Crippen molar-refractivity contribution in [3.63, 3.8) is 0 Å². The molecule has 0 aliphatic heterocycles. The van der Waals surface area contributed by atoms with E-state index in [0.717, 1.165) is 5.56 Å². The maximum atomic E-state index is 13.1. The van der Waals surface area contributed by atoms with E-state index < -0.39 is 5.82 Å². The molecule has 0 saturated heterocycles. The molecule has 1 N–H and O–H groups in total. The molecule has 0 heterocycles. The van der Waals surface area contributed by atoms with Gasteiger partial charge in [0.1, 0.15) is 11.6 Å². The third kappa shape index (κ3) is 3.31. The number of hydrogen-bond donors (Lipinski definition) is 1. The number of amides is 1. The highest BCUT2D eigenvalue weighted by Gasteiger charge is 2.12. The van der Waals surface area contributed by atoms with Crippen molar-refractivity contribution < 1.29 is 14.3 Å². The van der Waals surface area contributed by atoms with E-state index in [1.54, 1.807) is 37.4 Å². The molecule has 2 aromatic rings. The number of halogens is 1. The molecule has 1 amide bonds. The Hall–Kier alpha value is -2.36. The zero-order chi connectivity index (χ0) is 13.8. The van der Waals surface area contributed by atoms with Crippen LogP contribution in [-0.2, 0) is 6.54 Å². The molecule has 0 radical (unpaired) electrons. The van der Waals surface area contributed by atoms with Gasteiger partial charge in [-0.2, -0.15) is 0 Å². The van der Waals surface area contributed by atoms with Crippen LogP contribution in [0, 0.1) is 5.82 Å². The molecular weight excluding hydrogens is 245 g/mol. The summed E-state index contributed by atoms with van der Waals surface area (Å²) in [5, 5.41) is 9.19. The third-order valence-electron chi connectivity index (χ3n) is 2.77. The maximum absolute atomic E-state index is 13.1. The fraction of sp³-hybridized carbons (Fsp3) is 0.133. The SMILES string of the molecule is CN(Cc1ccc(O)cc1)C(=O)c1cccc(F)c1. The Morgan fingerprint density at radius 1 is 1.21 bits per heavy atom. The van der Waals surface area contributed by atoms with Crippen molar-refractivity contribution in [2.45, 2.75) is 6.54 Å². The molecule has 2 rings (SSSR count). The lowest BCUT2D eigenvalue weighted by molar-refractivity contribution is 0.0784. The van der Waals surface area contributed by atoms with E-state index >= 15 is 0 Å². The summed E-state index contributed by atoms with van der Waals surface area (Å²) in [6.45, 7) is 0.398. The van der Waals surface area contributed by atoms with Gasteiger partial charge in [0.25, 0.3) is 5.91 Å². The van der Waals surface area contributed by atoms with Crippen LogP contribution in [0.2, 0.25) is 0 Å². The fourth-order valence-electron chi connectivity index (χ4n) is 1.79. The van der Waals surface area contributed by atoms with Gasteiger partial charge in [-0.15, -0.1) is 0 Å². The zero-order valence-electron chi connectivity index (χ0n) is 10.5. The van der Waals surface area contributed by atoms with Crippen LogP contribution in [0.1, 0.15) is 15.9 Å². The number of carbonyl (C=O) groups is 1.